The molecule has 0 spiro atoms. The number of benzene rings is 1. The molecule has 6 heteroatoms. The summed E-state index contributed by atoms with van der Waals surface area (Å²) in [6.45, 7) is 0.703. The zero-order valence-corrected chi connectivity index (χ0v) is 16.6. The number of imidazole rings is 1. The Kier molecular flexibility index (Phi) is 4.59. The van der Waals surface area contributed by atoms with Crippen LogP contribution in [0.4, 0.5) is 0 Å². The molecule has 4 atom stereocenters. The molecule has 0 bridgehead atoms. The second kappa shape index (κ2) is 7.26. The van der Waals surface area contributed by atoms with Crippen molar-refractivity contribution in [2.75, 3.05) is 7.05 Å². The van der Waals surface area contributed by atoms with Crippen LogP contribution >= 0.6 is 0 Å². The molecular formula is C23H26N4O2. The van der Waals surface area contributed by atoms with Crippen LogP contribution in [-0.2, 0) is 6.54 Å². The minimum Gasteiger partial charge on any atom is -0.393 e. The molecule has 0 aliphatic heterocycles. The second-order valence-corrected chi connectivity index (χ2v) is 8.61. The summed E-state index contributed by atoms with van der Waals surface area (Å²) in [4.78, 5) is 24.0. The second-order valence-electron chi connectivity index (χ2n) is 8.61. The fourth-order valence-electron chi connectivity index (χ4n) is 5.20. The van der Waals surface area contributed by atoms with E-state index in [-0.39, 0.29) is 18.1 Å². The van der Waals surface area contributed by atoms with Gasteiger partial charge in [-0.2, -0.15) is 0 Å². The van der Waals surface area contributed by atoms with Crippen LogP contribution in [0, 0.1) is 11.8 Å². The zero-order chi connectivity index (χ0) is 20.0. The Morgan fingerprint density at radius 2 is 1.86 bits per heavy atom. The molecule has 3 aromatic rings. The maximum Gasteiger partial charge on any atom is 0.255 e. The number of hydrogen-bond donors (Lipinski definition) is 1. The van der Waals surface area contributed by atoms with Crippen molar-refractivity contribution in [3.8, 4) is 0 Å². The van der Waals surface area contributed by atoms with E-state index in [0.717, 1.165) is 36.8 Å². The summed E-state index contributed by atoms with van der Waals surface area (Å²) in [6.07, 6.45) is 7.06. The number of pyridine rings is 1. The quantitative estimate of drug-likeness (QED) is 0.743. The van der Waals surface area contributed by atoms with Crippen LogP contribution in [0.15, 0.2) is 48.9 Å². The number of fused-ring (bicyclic) bond motifs is 2. The van der Waals surface area contributed by atoms with Crippen molar-refractivity contribution in [2.24, 2.45) is 11.8 Å². The van der Waals surface area contributed by atoms with Crippen LogP contribution in [0.25, 0.3) is 11.2 Å². The van der Waals surface area contributed by atoms with E-state index in [1.54, 1.807) is 12.5 Å². The predicted molar refractivity (Wildman–Crippen MR) is 110 cm³/mol. The minimum atomic E-state index is -0.149. The van der Waals surface area contributed by atoms with Gasteiger partial charge in [0.2, 0.25) is 0 Å². The largest absolute Gasteiger partial charge is 0.393 e. The fourth-order valence-corrected chi connectivity index (χ4v) is 5.20. The lowest BCUT2D eigenvalue weighted by atomic mass is 10.0. The molecule has 1 aromatic carbocycles. The van der Waals surface area contributed by atoms with Gasteiger partial charge in [0.05, 0.1) is 24.5 Å². The molecule has 2 aromatic heterocycles. The first-order chi connectivity index (χ1) is 14.1. The van der Waals surface area contributed by atoms with Crippen LogP contribution in [0.2, 0.25) is 0 Å². The molecule has 5 rings (SSSR count). The molecule has 2 aliphatic rings. The summed E-state index contributed by atoms with van der Waals surface area (Å²) in [5.74, 6) is 1.11. The van der Waals surface area contributed by atoms with Gasteiger partial charge in [-0.25, -0.2) is 9.97 Å². The van der Waals surface area contributed by atoms with Crippen LogP contribution in [0.3, 0.4) is 0 Å². The third kappa shape index (κ3) is 3.42. The lowest BCUT2D eigenvalue weighted by molar-refractivity contribution is 0.0722. The van der Waals surface area contributed by atoms with Crippen molar-refractivity contribution in [3.63, 3.8) is 0 Å². The van der Waals surface area contributed by atoms with Crippen molar-refractivity contribution in [1.29, 1.82) is 0 Å². The average Bonchev–Trinajstić information content (AvgIpc) is 3.40. The number of hydrogen-bond acceptors (Lipinski definition) is 4. The number of carbonyl (C=O) groups is 1. The van der Waals surface area contributed by atoms with Crippen molar-refractivity contribution < 1.29 is 9.90 Å². The van der Waals surface area contributed by atoms with Gasteiger partial charge in [0, 0.05) is 19.3 Å². The SMILES string of the molecule is CN(C(=O)c1cnc2c(c1)ncn2Cc1ccccc1)C1C[C@H]2CC(O)C[C@H]2C1. The van der Waals surface area contributed by atoms with Gasteiger partial charge in [0.15, 0.2) is 5.65 Å². The van der Waals surface area contributed by atoms with Gasteiger partial charge in [-0.15, -0.1) is 0 Å². The summed E-state index contributed by atoms with van der Waals surface area (Å²) >= 11 is 0. The molecule has 150 valence electrons. The van der Waals surface area contributed by atoms with Gasteiger partial charge in [0.1, 0.15) is 5.52 Å². The smallest absolute Gasteiger partial charge is 0.255 e. The number of amides is 1. The van der Waals surface area contributed by atoms with E-state index in [0.29, 0.717) is 23.9 Å². The molecule has 1 amide bonds. The summed E-state index contributed by atoms with van der Waals surface area (Å²) in [6, 6.07) is 12.3. The highest BCUT2D eigenvalue weighted by Crippen LogP contribution is 2.45. The van der Waals surface area contributed by atoms with Gasteiger partial charge in [-0.05, 0) is 49.1 Å². The molecule has 2 fully saturated rings. The van der Waals surface area contributed by atoms with E-state index in [2.05, 4.69) is 22.1 Å². The van der Waals surface area contributed by atoms with E-state index in [9.17, 15) is 9.90 Å². The molecule has 2 saturated carbocycles. The van der Waals surface area contributed by atoms with Crippen LogP contribution in [-0.4, -0.2) is 49.6 Å². The number of rotatable bonds is 4. The number of aliphatic hydroxyl groups excluding tert-OH is 1. The van der Waals surface area contributed by atoms with Crippen LogP contribution < -0.4 is 0 Å². The summed E-state index contributed by atoms with van der Waals surface area (Å²) in [5, 5.41) is 9.84. The van der Waals surface area contributed by atoms with Crippen molar-refractivity contribution in [2.45, 2.75) is 44.4 Å². The van der Waals surface area contributed by atoms with Gasteiger partial charge < -0.3 is 14.6 Å². The summed E-state index contributed by atoms with van der Waals surface area (Å²) in [7, 11) is 1.89. The number of nitrogens with zero attached hydrogens (tertiary/aromatic N) is 4. The third-order valence-corrected chi connectivity index (χ3v) is 6.73. The van der Waals surface area contributed by atoms with Crippen LogP contribution in [0.5, 0.6) is 0 Å². The molecule has 0 saturated heterocycles. The lowest BCUT2D eigenvalue weighted by Crippen LogP contribution is -2.36. The average molecular weight is 390 g/mol. The number of aromatic nitrogens is 3. The highest BCUT2D eigenvalue weighted by molar-refractivity contribution is 5.96. The summed E-state index contributed by atoms with van der Waals surface area (Å²) in [5.41, 5.74) is 3.30. The molecule has 6 nitrogen and oxygen atoms in total. The van der Waals surface area contributed by atoms with E-state index < -0.39 is 0 Å². The predicted octanol–water partition coefficient (Wildman–Crippen LogP) is 3.10. The minimum absolute atomic E-state index is 0.00234. The Morgan fingerprint density at radius 1 is 1.14 bits per heavy atom. The molecule has 2 aliphatic carbocycles. The highest BCUT2D eigenvalue weighted by atomic mass is 16.3. The molecule has 0 radical (unpaired) electrons. The third-order valence-electron chi connectivity index (χ3n) is 6.73. The standard InChI is InChI=1S/C23H26N4O2/c1-26(19-7-16-9-20(28)10-17(16)8-19)23(29)18-11-21-22(24-12-18)27(14-25-21)13-15-5-3-2-4-6-15/h2-6,11-12,14,16-17,19-20,28H,7-10,13H2,1H3/t16-,17+,19?,20?. The Bertz CT molecular complexity index is 1020. The molecule has 2 unspecified atom stereocenters. The Labute approximate surface area is 170 Å². The monoisotopic (exact) mass is 390 g/mol. The van der Waals surface area contributed by atoms with Crippen LogP contribution in [0.1, 0.15) is 41.6 Å². The highest BCUT2D eigenvalue weighted by Gasteiger charge is 2.43. The van der Waals surface area contributed by atoms with Gasteiger partial charge >= 0.3 is 0 Å². The lowest BCUT2D eigenvalue weighted by Gasteiger charge is -2.25. The van der Waals surface area contributed by atoms with Crippen molar-refractivity contribution in [3.05, 3.63) is 60.0 Å². The van der Waals surface area contributed by atoms with Gasteiger partial charge in [0.25, 0.3) is 5.91 Å². The maximum atomic E-state index is 13.1. The molecule has 1 N–H and O–H groups in total. The Hall–Kier alpha value is -2.73. The van der Waals surface area contributed by atoms with E-state index in [1.807, 2.05) is 40.8 Å². The fraction of sp³-hybridized carbons (Fsp3) is 0.435. The first-order valence-electron chi connectivity index (χ1n) is 10.4. The number of carbonyl (C=O) groups excluding carboxylic acids is 1. The van der Waals surface area contributed by atoms with Crippen molar-refractivity contribution >= 4 is 17.1 Å². The Morgan fingerprint density at radius 3 is 2.59 bits per heavy atom. The summed E-state index contributed by atoms with van der Waals surface area (Å²) < 4.78 is 2.01. The zero-order valence-electron chi connectivity index (χ0n) is 16.6. The van der Waals surface area contributed by atoms with E-state index in [1.165, 1.54) is 5.56 Å². The molecule has 29 heavy (non-hydrogen) atoms. The van der Waals surface area contributed by atoms with Gasteiger partial charge in [-0.1, -0.05) is 30.3 Å². The maximum absolute atomic E-state index is 13.1. The Balaban J connectivity index is 1.32. The first kappa shape index (κ1) is 18.3. The molecular weight excluding hydrogens is 364 g/mol. The first-order valence-corrected chi connectivity index (χ1v) is 10.4. The van der Waals surface area contributed by atoms with Crippen molar-refractivity contribution in [1.82, 2.24) is 19.4 Å². The normalized spacial score (nSPS) is 26.0. The van der Waals surface area contributed by atoms with E-state index >= 15 is 0 Å². The van der Waals surface area contributed by atoms with Gasteiger partial charge in [-0.3, -0.25) is 4.79 Å². The van der Waals surface area contributed by atoms with E-state index in [4.69, 9.17) is 0 Å². The topological polar surface area (TPSA) is 71.2 Å². The number of aliphatic hydroxyl groups is 1. The molecule has 2 heterocycles.